The molecular weight excluding hydrogens is 476 g/mol. The fraction of sp³-hybridized carbons (Fsp3) is 0.111. The first kappa shape index (κ1) is 26.2. The predicted octanol–water partition coefficient (Wildman–Crippen LogP) is 3.34. The molecule has 0 unspecified atom stereocenters. The minimum Gasteiger partial charge on any atom is -0.398 e. The van der Waals surface area contributed by atoms with E-state index in [2.05, 4.69) is 27.1 Å². The lowest BCUT2D eigenvalue weighted by molar-refractivity contribution is 0.112. The van der Waals surface area contributed by atoms with Gasteiger partial charge in [-0.1, -0.05) is 29.5 Å². The highest BCUT2D eigenvalue weighted by molar-refractivity contribution is 6.29. The van der Waals surface area contributed by atoms with Gasteiger partial charge in [0, 0.05) is 35.4 Å². The molecule has 3 heterocycles. The van der Waals surface area contributed by atoms with Crippen LogP contribution in [0.25, 0.3) is 0 Å². The number of rotatable bonds is 6. The van der Waals surface area contributed by atoms with E-state index in [-0.39, 0.29) is 11.1 Å². The van der Waals surface area contributed by atoms with Crippen molar-refractivity contribution >= 4 is 29.3 Å². The van der Waals surface area contributed by atoms with E-state index in [1.165, 1.54) is 10.6 Å². The minimum absolute atomic E-state index is 0.148. The molecule has 0 amide bonds. The predicted molar refractivity (Wildman–Crippen MR) is 143 cm³/mol. The van der Waals surface area contributed by atoms with Gasteiger partial charge in [0.1, 0.15) is 5.15 Å². The van der Waals surface area contributed by atoms with Crippen molar-refractivity contribution in [3.63, 3.8) is 0 Å². The molecule has 1 aromatic carbocycles. The molecule has 182 valence electrons. The monoisotopic (exact) mass is 500 g/mol. The Kier molecular flexibility index (Phi) is 9.34. The van der Waals surface area contributed by atoms with Crippen molar-refractivity contribution in [1.82, 2.24) is 19.9 Å². The van der Waals surface area contributed by atoms with Crippen LogP contribution in [0, 0.1) is 17.3 Å². The van der Waals surface area contributed by atoms with Gasteiger partial charge in [0.05, 0.1) is 30.1 Å². The van der Waals surface area contributed by atoms with Gasteiger partial charge in [0.15, 0.2) is 6.29 Å². The first-order valence-electron chi connectivity index (χ1n) is 10.9. The molecular formula is C27H25ClN6O2. The van der Waals surface area contributed by atoms with Gasteiger partial charge in [-0.3, -0.25) is 15.0 Å². The van der Waals surface area contributed by atoms with Crippen molar-refractivity contribution in [2.45, 2.75) is 6.54 Å². The Morgan fingerprint density at radius 3 is 2.72 bits per heavy atom. The summed E-state index contributed by atoms with van der Waals surface area (Å²) in [5.41, 5.74) is 9.95. The second kappa shape index (κ2) is 12.9. The van der Waals surface area contributed by atoms with Crippen LogP contribution in [0.1, 0.15) is 32.7 Å². The number of nitrogens with zero attached hydrogens (tertiary/aromatic N) is 2. The summed E-state index contributed by atoms with van der Waals surface area (Å²) in [6.07, 6.45) is 5.57. The second-order valence-corrected chi connectivity index (χ2v) is 7.98. The second-order valence-electron chi connectivity index (χ2n) is 7.60. The van der Waals surface area contributed by atoms with Crippen LogP contribution < -0.4 is 16.6 Å². The highest BCUT2D eigenvalue weighted by Gasteiger charge is 2.09. The zero-order chi connectivity index (χ0) is 25.9. The van der Waals surface area contributed by atoms with Crippen LogP contribution in [-0.4, -0.2) is 40.1 Å². The number of pyridine rings is 2. The Hall–Kier alpha value is -4.45. The Morgan fingerprint density at radius 1 is 1.25 bits per heavy atom. The lowest BCUT2D eigenvalue weighted by Crippen LogP contribution is -2.23. The van der Waals surface area contributed by atoms with E-state index >= 15 is 0 Å². The average Bonchev–Trinajstić information content (AvgIpc) is 3.42. The number of carbonyl (C=O) groups excluding carboxylic acids is 1. The van der Waals surface area contributed by atoms with Crippen LogP contribution in [0.15, 0.2) is 78.0 Å². The topological polar surface area (TPSA) is 130 Å². The maximum absolute atomic E-state index is 11.8. The van der Waals surface area contributed by atoms with E-state index in [0.29, 0.717) is 41.5 Å². The number of carbonyl (C=O) groups is 1. The number of hydrogen-bond acceptors (Lipinski definition) is 6. The van der Waals surface area contributed by atoms with Gasteiger partial charge >= 0.3 is 0 Å². The minimum atomic E-state index is -0.308. The Bertz CT molecular complexity index is 1450. The molecule has 8 nitrogen and oxygen atoms in total. The van der Waals surface area contributed by atoms with E-state index in [0.717, 1.165) is 16.8 Å². The molecule has 0 spiro atoms. The molecule has 0 aliphatic rings. The fourth-order valence-corrected chi connectivity index (χ4v) is 3.31. The van der Waals surface area contributed by atoms with Crippen molar-refractivity contribution in [2.24, 2.45) is 0 Å². The molecule has 0 fully saturated rings. The quantitative estimate of drug-likeness (QED) is 0.106. The molecule has 5 N–H and O–H groups in total. The summed E-state index contributed by atoms with van der Waals surface area (Å²) in [6, 6.07) is 15.8. The first-order valence-corrected chi connectivity index (χ1v) is 11.3. The molecule has 0 radical (unpaired) electrons. The number of aromatic nitrogens is 3. The van der Waals surface area contributed by atoms with Gasteiger partial charge in [0.2, 0.25) is 0 Å². The largest absolute Gasteiger partial charge is 0.398 e. The number of H-pyrrole nitrogens is 1. The summed E-state index contributed by atoms with van der Waals surface area (Å²) >= 11 is 5.67. The molecule has 4 aromatic rings. The fourth-order valence-electron chi connectivity index (χ4n) is 3.20. The van der Waals surface area contributed by atoms with E-state index in [4.69, 9.17) is 22.7 Å². The van der Waals surface area contributed by atoms with Crippen molar-refractivity contribution in [3.05, 3.63) is 117 Å². The van der Waals surface area contributed by atoms with E-state index < -0.39 is 0 Å². The summed E-state index contributed by atoms with van der Waals surface area (Å²) < 4.78 is 1.45. The van der Waals surface area contributed by atoms with Crippen LogP contribution in [0.2, 0.25) is 5.15 Å². The van der Waals surface area contributed by atoms with Crippen LogP contribution in [0.5, 0.6) is 0 Å². The van der Waals surface area contributed by atoms with Crippen LogP contribution >= 0.6 is 11.6 Å². The maximum atomic E-state index is 11.8. The highest BCUT2D eigenvalue weighted by Crippen LogP contribution is 2.17. The maximum Gasteiger partial charge on any atom is 0.261 e. The van der Waals surface area contributed by atoms with Gasteiger partial charge in [-0.25, -0.2) is 4.98 Å². The molecule has 0 aliphatic heterocycles. The van der Waals surface area contributed by atoms with Crippen LogP contribution in [0.4, 0.5) is 5.69 Å². The molecule has 0 saturated heterocycles. The highest BCUT2D eigenvalue weighted by atomic mass is 35.5. The molecule has 3 aromatic heterocycles. The van der Waals surface area contributed by atoms with Crippen LogP contribution in [-0.2, 0) is 6.54 Å². The van der Waals surface area contributed by atoms with Crippen molar-refractivity contribution in [1.29, 1.82) is 5.41 Å². The number of benzene rings is 1. The molecule has 36 heavy (non-hydrogen) atoms. The van der Waals surface area contributed by atoms with E-state index in [1.54, 1.807) is 42.9 Å². The van der Waals surface area contributed by atoms with Gasteiger partial charge in [-0.2, -0.15) is 0 Å². The SMILES string of the molecule is CNCC#Cc1ccc(C(=N)c2ccc[nH]2)c(N)c1.O=Cc1cccn(Cc2ccc(Cl)nc2)c1=O. The zero-order valence-electron chi connectivity index (χ0n) is 19.6. The number of hydrogen-bond donors (Lipinski definition) is 4. The van der Waals surface area contributed by atoms with E-state index in [1.807, 2.05) is 31.3 Å². The summed E-state index contributed by atoms with van der Waals surface area (Å²) in [7, 11) is 1.85. The summed E-state index contributed by atoms with van der Waals surface area (Å²) in [4.78, 5) is 29.3. The average molecular weight is 501 g/mol. The molecule has 4 rings (SSSR count). The number of aldehydes is 1. The lowest BCUT2D eigenvalue weighted by Gasteiger charge is -2.06. The summed E-state index contributed by atoms with van der Waals surface area (Å²) in [5.74, 6) is 5.99. The smallest absolute Gasteiger partial charge is 0.261 e. The number of halogens is 1. The van der Waals surface area contributed by atoms with Gasteiger partial charge in [-0.15, -0.1) is 0 Å². The van der Waals surface area contributed by atoms with Crippen molar-refractivity contribution in [3.8, 4) is 11.8 Å². The molecule has 0 atom stereocenters. The Morgan fingerprint density at radius 2 is 2.08 bits per heavy atom. The first-order chi connectivity index (χ1) is 17.4. The standard InChI is InChI=1S/C15H16N4.C12H9ClN2O2/c1-18-8-2-4-11-6-7-12(13(16)10-11)15(17)14-5-3-9-19-14;13-11-4-3-9(6-14-11)7-15-5-1-2-10(8-16)12(15)17/h3,5-7,9-10,17-19H,8,16H2,1H3;1-6,8H,7H2. The van der Waals surface area contributed by atoms with Crippen LogP contribution in [0.3, 0.4) is 0 Å². The van der Waals surface area contributed by atoms with Gasteiger partial charge < -0.3 is 20.6 Å². The van der Waals surface area contributed by atoms with Crippen molar-refractivity contribution < 1.29 is 4.79 Å². The third-order valence-corrected chi connectivity index (χ3v) is 5.23. The summed E-state index contributed by atoms with van der Waals surface area (Å²) in [5, 5.41) is 11.5. The zero-order valence-corrected chi connectivity index (χ0v) is 20.3. The normalized spacial score (nSPS) is 9.94. The molecule has 9 heteroatoms. The Balaban J connectivity index is 0.000000202. The number of nitrogen functional groups attached to an aromatic ring is 1. The number of aromatic amines is 1. The number of anilines is 1. The molecule has 0 aliphatic carbocycles. The Labute approximate surface area is 213 Å². The number of nitrogens with one attached hydrogen (secondary N) is 3. The van der Waals surface area contributed by atoms with Gasteiger partial charge in [-0.05, 0) is 61.1 Å². The van der Waals surface area contributed by atoms with Crippen molar-refractivity contribution in [2.75, 3.05) is 19.3 Å². The molecule has 0 bridgehead atoms. The van der Waals surface area contributed by atoms with E-state index in [9.17, 15) is 9.59 Å². The lowest BCUT2D eigenvalue weighted by atomic mass is 10.0. The summed E-state index contributed by atoms with van der Waals surface area (Å²) in [6.45, 7) is 1.00. The molecule has 0 saturated carbocycles. The third-order valence-electron chi connectivity index (χ3n) is 5.00. The van der Waals surface area contributed by atoms with Gasteiger partial charge in [0.25, 0.3) is 5.56 Å². The number of nitrogens with two attached hydrogens (primary N) is 1. The third kappa shape index (κ3) is 7.03.